The minimum absolute atomic E-state index is 0.152. The lowest BCUT2D eigenvalue weighted by Crippen LogP contribution is -2.14. The Labute approximate surface area is 137 Å². The fraction of sp³-hybridized carbons (Fsp3) is 0.0714. The Hall–Kier alpha value is -1.44. The van der Waals surface area contributed by atoms with E-state index >= 15 is 0 Å². The summed E-state index contributed by atoms with van der Waals surface area (Å²) in [5.41, 5.74) is 7.63. The molecule has 0 saturated carbocycles. The number of aryl methyl sites for hydroxylation is 1. The molecule has 0 heterocycles. The highest BCUT2D eigenvalue weighted by molar-refractivity contribution is 9.10. The molecule has 3 N–H and O–H groups in total. The maximum Gasteiger partial charge on any atom is 0.261 e. The molecule has 0 saturated heterocycles. The number of sulfonamides is 1. The van der Waals surface area contributed by atoms with Crippen LogP contribution in [0.3, 0.4) is 0 Å². The van der Waals surface area contributed by atoms with Gasteiger partial charge in [0.05, 0.1) is 4.90 Å². The molecule has 0 spiro atoms. The average molecular weight is 385 g/mol. The molecule has 110 valence electrons. The number of hydrogen-bond acceptors (Lipinski definition) is 3. The zero-order valence-corrected chi connectivity index (χ0v) is 14.3. The van der Waals surface area contributed by atoms with Crippen molar-refractivity contribution >= 4 is 48.8 Å². The van der Waals surface area contributed by atoms with E-state index in [4.69, 9.17) is 18.0 Å². The third-order valence-electron chi connectivity index (χ3n) is 2.87. The summed E-state index contributed by atoms with van der Waals surface area (Å²) in [4.78, 5) is 0.383. The summed E-state index contributed by atoms with van der Waals surface area (Å²) >= 11 is 8.21. The highest BCUT2D eigenvalue weighted by atomic mass is 79.9. The number of hydrogen-bond donors (Lipinski definition) is 2. The van der Waals surface area contributed by atoms with Gasteiger partial charge in [0.1, 0.15) is 4.99 Å². The van der Waals surface area contributed by atoms with E-state index in [0.717, 1.165) is 10.0 Å². The Kier molecular flexibility index (Phi) is 4.65. The van der Waals surface area contributed by atoms with E-state index in [1.165, 1.54) is 12.1 Å². The fourth-order valence-corrected chi connectivity index (χ4v) is 3.23. The SMILES string of the molecule is Cc1ccc(NS(=O)(=O)c2ccc(C(N)=S)cc2)cc1Br. The van der Waals surface area contributed by atoms with Crippen molar-refractivity contribution in [1.82, 2.24) is 0 Å². The summed E-state index contributed by atoms with van der Waals surface area (Å²) in [6.07, 6.45) is 0. The topological polar surface area (TPSA) is 72.2 Å². The number of nitrogens with one attached hydrogen (secondary N) is 1. The number of nitrogens with two attached hydrogens (primary N) is 1. The van der Waals surface area contributed by atoms with E-state index in [1.807, 2.05) is 13.0 Å². The van der Waals surface area contributed by atoms with E-state index in [0.29, 0.717) is 11.3 Å². The van der Waals surface area contributed by atoms with Gasteiger partial charge in [-0.15, -0.1) is 0 Å². The first-order valence-corrected chi connectivity index (χ1v) is 8.67. The van der Waals surface area contributed by atoms with Crippen molar-refractivity contribution < 1.29 is 8.42 Å². The fourth-order valence-electron chi connectivity index (χ4n) is 1.67. The average Bonchev–Trinajstić information content (AvgIpc) is 2.43. The van der Waals surface area contributed by atoms with E-state index in [1.54, 1.807) is 24.3 Å². The second kappa shape index (κ2) is 6.13. The maximum atomic E-state index is 12.3. The summed E-state index contributed by atoms with van der Waals surface area (Å²) in [6.45, 7) is 1.93. The molecule has 0 aliphatic rings. The van der Waals surface area contributed by atoms with Gasteiger partial charge in [-0.05, 0) is 36.8 Å². The van der Waals surface area contributed by atoms with E-state index in [-0.39, 0.29) is 9.88 Å². The quantitative estimate of drug-likeness (QED) is 0.793. The summed E-state index contributed by atoms with van der Waals surface area (Å²) in [6, 6.07) is 11.4. The van der Waals surface area contributed by atoms with E-state index in [2.05, 4.69) is 20.7 Å². The van der Waals surface area contributed by atoms with Crippen molar-refractivity contribution in [3.63, 3.8) is 0 Å². The predicted octanol–water partition coefficient (Wildman–Crippen LogP) is 3.19. The van der Waals surface area contributed by atoms with Gasteiger partial charge >= 0.3 is 0 Å². The molecule has 4 nitrogen and oxygen atoms in total. The number of benzene rings is 2. The molecule has 0 amide bonds. The van der Waals surface area contributed by atoms with Crippen LogP contribution in [0.4, 0.5) is 5.69 Å². The minimum Gasteiger partial charge on any atom is -0.389 e. The Morgan fingerprint density at radius 3 is 2.33 bits per heavy atom. The van der Waals surface area contributed by atoms with Crippen molar-refractivity contribution in [1.29, 1.82) is 0 Å². The standard InChI is InChI=1S/C14H13BrN2O2S2/c1-9-2-5-11(8-13(9)15)17-21(18,19)12-6-3-10(4-7-12)14(16)20/h2-8,17H,1H3,(H2,16,20). The van der Waals surface area contributed by atoms with Crippen LogP contribution in [-0.2, 0) is 10.0 Å². The van der Waals surface area contributed by atoms with Gasteiger partial charge < -0.3 is 5.73 Å². The van der Waals surface area contributed by atoms with E-state index in [9.17, 15) is 8.42 Å². The Morgan fingerprint density at radius 1 is 1.19 bits per heavy atom. The molecule has 0 fully saturated rings. The van der Waals surface area contributed by atoms with Crippen LogP contribution in [0.15, 0.2) is 51.8 Å². The number of rotatable bonds is 4. The molecule has 21 heavy (non-hydrogen) atoms. The van der Waals surface area contributed by atoms with Crippen LogP contribution in [0.1, 0.15) is 11.1 Å². The molecule has 0 aromatic heterocycles. The Morgan fingerprint density at radius 2 is 1.81 bits per heavy atom. The van der Waals surface area contributed by atoms with Crippen LogP contribution in [0, 0.1) is 6.92 Å². The van der Waals surface area contributed by atoms with Crippen molar-refractivity contribution in [2.75, 3.05) is 4.72 Å². The smallest absolute Gasteiger partial charge is 0.261 e. The summed E-state index contributed by atoms with van der Waals surface area (Å²) in [5, 5.41) is 0. The molecule has 2 aromatic rings. The van der Waals surface area contributed by atoms with Gasteiger partial charge in [-0.25, -0.2) is 8.42 Å². The predicted molar refractivity (Wildman–Crippen MR) is 92.0 cm³/mol. The van der Waals surface area contributed by atoms with Gasteiger partial charge in [-0.2, -0.15) is 0 Å². The third kappa shape index (κ3) is 3.81. The Bertz CT molecular complexity index is 787. The molecule has 0 bridgehead atoms. The molecular weight excluding hydrogens is 372 g/mol. The van der Waals surface area contributed by atoms with Gasteiger partial charge in [-0.1, -0.05) is 46.3 Å². The number of halogens is 1. The molecule has 0 aliphatic carbocycles. The summed E-state index contributed by atoms with van der Waals surface area (Å²) in [7, 11) is -3.64. The molecule has 2 aromatic carbocycles. The highest BCUT2D eigenvalue weighted by Crippen LogP contribution is 2.23. The van der Waals surface area contributed by atoms with Crippen LogP contribution in [0.2, 0.25) is 0 Å². The van der Waals surface area contributed by atoms with E-state index < -0.39 is 10.0 Å². The number of anilines is 1. The molecule has 7 heteroatoms. The lowest BCUT2D eigenvalue weighted by atomic mass is 10.2. The molecule has 0 unspecified atom stereocenters. The number of thiocarbonyl (C=S) groups is 1. The van der Waals surface area contributed by atoms with Crippen molar-refractivity contribution in [2.45, 2.75) is 11.8 Å². The van der Waals surface area contributed by atoms with Gasteiger partial charge in [-0.3, -0.25) is 4.72 Å². The van der Waals surface area contributed by atoms with Crippen LogP contribution < -0.4 is 10.5 Å². The monoisotopic (exact) mass is 384 g/mol. The molecular formula is C14H13BrN2O2S2. The second-order valence-electron chi connectivity index (χ2n) is 4.46. The molecule has 2 rings (SSSR count). The zero-order chi connectivity index (χ0) is 15.6. The summed E-state index contributed by atoms with van der Waals surface area (Å²) in [5.74, 6) is 0. The second-order valence-corrected chi connectivity index (χ2v) is 7.43. The zero-order valence-electron chi connectivity index (χ0n) is 11.1. The van der Waals surface area contributed by atoms with Gasteiger partial charge in [0.15, 0.2) is 0 Å². The first-order chi connectivity index (χ1) is 9.79. The van der Waals surface area contributed by atoms with Crippen LogP contribution in [0.5, 0.6) is 0 Å². The highest BCUT2D eigenvalue weighted by Gasteiger charge is 2.14. The van der Waals surface area contributed by atoms with Crippen LogP contribution in [-0.4, -0.2) is 13.4 Å². The largest absolute Gasteiger partial charge is 0.389 e. The van der Waals surface area contributed by atoms with Crippen LogP contribution >= 0.6 is 28.1 Å². The molecule has 0 atom stereocenters. The molecule has 0 aliphatic heterocycles. The van der Waals surface area contributed by atoms with Crippen molar-refractivity contribution in [2.24, 2.45) is 5.73 Å². The van der Waals surface area contributed by atoms with Gasteiger partial charge in [0.2, 0.25) is 0 Å². The first kappa shape index (κ1) is 15.9. The van der Waals surface area contributed by atoms with Crippen molar-refractivity contribution in [3.8, 4) is 0 Å². The summed E-state index contributed by atoms with van der Waals surface area (Å²) < 4.78 is 27.9. The lowest BCUT2D eigenvalue weighted by molar-refractivity contribution is 0.601. The third-order valence-corrected chi connectivity index (χ3v) is 5.36. The Balaban J connectivity index is 2.29. The lowest BCUT2D eigenvalue weighted by Gasteiger charge is -2.10. The van der Waals surface area contributed by atoms with Crippen molar-refractivity contribution in [3.05, 3.63) is 58.1 Å². The van der Waals surface area contributed by atoms with Gasteiger partial charge in [0, 0.05) is 15.7 Å². The molecule has 0 radical (unpaired) electrons. The maximum absolute atomic E-state index is 12.3. The van der Waals surface area contributed by atoms with Crippen LogP contribution in [0.25, 0.3) is 0 Å². The van der Waals surface area contributed by atoms with Gasteiger partial charge in [0.25, 0.3) is 10.0 Å². The normalized spacial score (nSPS) is 11.1. The first-order valence-electron chi connectivity index (χ1n) is 5.98. The minimum atomic E-state index is -3.64.